The molecule has 160 valence electrons. The fourth-order valence-corrected chi connectivity index (χ4v) is 3.31. The maximum absolute atomic E-state index is 12.0. The molecular formula is C21H33N5O3. The smallest absolute Gasteiger partial charge is 0.234 e. The minimum absolute atomic E-state index is 0.152. The fraction of sp³-hybridized carbons (Fsp3) is 0.619. The van der Waals surface area contributed by atoms with E-state index in [9.17, 15) is 4.79 Å². The van der Waals surface area contributed by atoms with Gasteiger partial charge in [-0.3, -0.25) is 14.7 Å². The van der Waals surface area contributed by atoms with Crippen LogP contribution < -0.4 is 20.1 Å². The summed E-state index contributed by atoms with van der Waals surface area (Å²) in [6.45, 7) is 5.41. The Kier molecular flexibility index (Phi) is 7.98. The van der Waals surface area contributed by atoms with Crippen molar-refractivity contribution in [3.05, 3.63) is 24.3 Å². The summed E-state index contributed by atoms with van der Waals surface area (Å²) in [4.78, 5) is 20.8. The van der Waals surface area contributed by atoms with Crippen LogP contribution in [0.2, 0.25) is 0 Å². The number of nitrogens with zero attached hydrogens (tertiary/aromatic N) is 3. The molecular weight excluding hydrogens is 370 g/mol. The van der Waals surface area contributed by atoms with Gasteiger partial charge in [0.05, 0.1) is 20.3 Å². The summed E-state index contributed by atoms with van der Waals surface area (Å²) < 4.78 is 11.0. The summed E-state index contributed by atoms with van der Waals surface area (Å²) in [6, 6.07) is 8.07. The van der Waals surface area contributed by atoms with Crippen LogP contribution >= 0.6 is 0 Å². The SMILES string of the molecule is CN=C(NCCCOc1cccc(OC)c1)N1CCN(CC(=O)NC2CC2)CC1. The minimum Gasteiger partial charge on any atom is -0.497 e. The Morgan fingerprint density at radius 1 is 1.21 bits per heavy atom. The summed E-state index contributed by atoms with van der Waals surface area (Å²) in [5.41, 5.74) is 0. The third-order valence-corrected chi connectivity index (χ3v) is 5.11. The van der Waals surface area contributed by atoms with Crippen molar-refractivity contribution in [2.75, 3.05) is 60.0 Å². The first kappa shape index (κ1) is 21.2. The summed E-state index contributed by atoms with van der Waals surface area (Å²) >= 11 is 0. The van der Waals surface area contributed by atoms with E-state index in [1.54, 1.807) is 7.11 Å². The molecule has 1 aromatic rings. The van der Waals surface area contributed by atoms with Gasteiger partial charge in [0, 0.05) is 51.9 Å². The quantitative estimate of drug-likeness (QED) is 0.363. The Balaban J connectivity index is 1.30. The summed E-state index contributed by atoms with van der Waals surface area (Å²) in [5.74, 6) is 2.67. The molecule has 0 atom stereocenters. The highest BCUT2D eigenvalue weighted by molar-refractivity contribution is 5.80. The summed E-state index contributed by atoms with van der Waals surface area (Å²) in [7, 11) is 3.46. The number of piperazine rings is 1. The average Bonchev–Trinajstić information content (AvgIpc) is 3.55. The van der Waals surface area contributed by atoms with Crippen molar-refractivity contribution in [3.8, 4) is 11.5 Å². The van der Waals surface area contributed by atoms with Crippen molar-refractivity contribution in [3.63, 3.8) is 0 Å². The van der Waals surface area contributed by atoms with Crippen LogP contribution in [0.1, 0.15) is 19.3 Å². The number of methoxy groups -OCH3 is 1. The molecule has 2 aliphatic rings. The van der Waals surface area contributed by atoms with Gasteiger partial charge < -0.3 is 25.0 Å². The third-order valence-electron chi connectivity index (χ3n) is 5.11. The molecule has 8 nitrogen and oxygen atoms in total. The molecule has 29 heavy (non-hydrogen) atoms. The van der Waals surface area contributed by atoms with Gasteiger partial charge in [-0.05, 0) is 31.4 Å². The van der Waals surface area contributed by atoms with Crippen molar-refractivity contribution in [2.24, 2.45) is 4.99 Å². The highest BCUT2D eigenvalue weighted by Crippen LogP contribution is 2.19. The maximum atomic E-state index is 12.0. The van der Waals surface area contributed by atoms with Crippen molar-refractivity contribution in [2.45, 2.75) is 25.3 Å². The predicted molar refractivity (Wildman–Crippen MR) is 114 cm³/mol. The Bertz CT molecular complexity index is 685. The fourth-order valence-electron chi connectivity index (χ4n) is 3.31. The molecule has 1 aliphatic carbocycles. The highest BCUT2D eigenvalue weighted by Gasteiger charge is 2.25. The van der Waals surface area contributed by atoms with Crippen molar-refractivity contribution >= 4 is 11.9 Å². The number of nitrogens with one attached hydrogen (secondary N) is 2. The van der Waals surface area contributed by atoms with E-state index in [4.69, 9.17) is 9.47 Å². The molecule has 3 rings (SSSR count). The van der Waals surface area contributed by atoms with Gasteiger partial charge in [0.1, 0.15) is 11.5 Å². The van der Waals surface area contributed by atoms with Crippen molar-refractivity contribution < 1.29 is 14.3 Å². The van der Waals surface area contributed by atoms with Gasteiger partial charge in [-0.15, -0.1) is 0 Å². The number of benzene rings is 1. The lowest BCUT2D eigenvalue weighted by atomic mass is 10.3. The van der Waals surface area contributed by atoms with E-state index < -0.39 is 0 Å². The van der Waals surface area contributed by atoms with E-state index in [0.29, 0.717) is 19.2 Å². The number of hydrogen-bond acceptors (Lipinski definition) is 5. The van der Waals surface area contributed by atoms with Gasteiger partial charge in [-0.25, -0.2) is 0 Å². The third kappa shape index (κ3) is 7.12. The number of aliphatic imine (C=N–C) groups is 1. The molecule has 0 unspecified atom stereocenters. The topological polar surface area (TPSA) is 78.4 Å². The molecule has 0 aromatic heterocycles. The average molecular weight is 404 g/mol. The molecule has 1 amide bonds. The Morgan fingerprint density at radius 2 is 1.97 bits per heavy atom. The molecule has 0 bridgehead atoms. The first-order valence-corrected chi connectivity index (χ1v) is 10.4. The van der Waals surface area contributed by atoms with Crippen LogP contribution in [-0.4, -0.2) is 87.7 Å². The number of carbonyl (C=O) groups excluding carboxylic acids is 1. The lowest BCUT2D eigenvalue weighted by Crippen LogP contribution is -2.54. The Morgan fingerprint density at radius 3 is 2.66 bits per heavy atom. The molecule has 2 fully saturated rings. The van der Waals surface area contributed by atoms with Gasteiger partial charge in [0.15, 0.2) is 5.96 Å². The van der Waals surface area contributed by atoms with E-state index in [1.807, 2.05) is 31.3 Å². The lowest BCUT2D eigenvalue weighted by molar-refractivity contribution is -0.122. The van der Waals surface area contributed by atoms with Gasteiger partial charge in [-0.2, -0.15) is 0 Å². The van der Waals surface area contributed by atoms with Gasteiger partial charge >= 0.3 is 0 Å². The summed E-state index contributed by atoms with van der Waals surface area (Å²) in [6.07, 6.45) is 3.13. The van der Waals surface area contributed by atoms with Gasteiger partial charge in [0.2, 0.25) is 5.91 Å². The van der Waals surface area contributed by atoms with Crippen molar-refractivity contribution in [1.29, 1.82) is 0 Å². The molecule has 2 N–H and O–H groups in total. The zero-order valence-electron chi connectivity index (χ0n) is 17.5. The second-order valence-electron chi connectivity index (χ2n) is 7.46. The zero-order chi connectivity index (χ0) is 20.5. The van der Waals surface area contributed by atoms with Crippen LogP contribution in [0.5, 0.6) is 11.5 Å². The molecule has 1 saturated carbocycles. The van der Waals surface area contributed by atoms with Gasteiger partial charge in [0.25, 0.3) is 0 Å². The first-order chi connectivity index (χ1) is 14.2. The normalized spacial score (nSPS) is 17.7. The van der Waals surface area contributed by atoms with E-state index in [2.05, 4.69) is 25.4 Å². The highest BCUT2D eigenvalue weighted by atomic mass is 16.5. The van der Waals surface area contributed by atoms with E-state index >= 15 is 0 Å². The standard InChI is InChI=1S/C21H33N5O3/c1-22-21(23-9-4-14-29-19-6-3-5-18(15-19)28-2)26-12-10-25(11-13-26)16-20(27)24-17-7-8-17/h3,5-6,15,17H,4,7-14,16H2,1-2H3,(H,22,23)(H,24,27). The monoisotopic (exact) mass is 403 g/mol. The number of hydrogen-bond donors (Lipinski definition) is 2. The molecule has 1 heterocycles. The van der Waals surface area contributed by atoms with Crippen LogP contribution in [0.4, 0.5) is 0 Å². The molecule has 8 heteroatoms. The maximum Gasteiger partial charge on any atom is 0.234 e. The molecule has 1 aliphatic heterocycles. The Labute approximate surface area is 173 Å². The molecule has 1 saturated heterocycles. The van der Waals surface area contributed by atoms with E-state index in [-0.39, 0.29) is 5.91 Å². The van der Waals surface area contributed by atoms with Gasteiger partial charge in [-0.1, -0.05) is 6.07 Å². The van der Waals surface area contributed by atoms with Crippen LogP contribution in [0, 0.1) is 0 Å². The van der Waals surface area contributed by atoms with Crippen LogP contribution in [0.25, 0.3) is 0 Å². The molecule has 0 radical (unpaired) electrons. The number of ether oxygens (including phenoxy) is 2. The van der Waals surface area contributed by atoms with Crippen LogP contribution in [-0.2, 0) is 4.79 Å². The largest absolute Gasteiger partial charge is 0.497 e. The second-order valence-corrected chi connectivity index (χ2v) is 7.46. The van der Waals surface area contributed by atoms with E-state index in [0.717, 1.165) is 69.4 Å². The number of rotatable bonds is 9. The summed E-state index contributed by atoms with van der Waals surface area (Å²) in [5, 5.41) is 6.47. The lowest BCUT2D eigenvalue weighted by Gasteiger charge is -2.36. The Hall–Kier alpha value is -2.48. The van der Waals surface area contributed by atoms with Crippen LogP contribution in [0.3, 0.4) is 0 Å². The first-order valence-electron chi connectivity index (χ1n) is 10.4. The molecule has 1 aromatic carbocycles. The minimum atomic E-state index is 0.152. The zero-order valence-corrected chi connectivity index (χ0v) is 17.5. The van der Waals surface area contributed by atoms with Crippen LogP contribution in [0.15, 0.2) is 29.3 Å². The van der Waals surface area contributed by atoms with E-state index in [1.165, 1.54) is 0 Å². The number of carbonyl (C=O) groups is 1. The predicted octanol–water partition coefficient (Wildman–Crippen LogP) is 0.936. The number of guanidine groups is 1. The molecule has 0 spiro atoms. The number of amides is 1. The van der Waals surface area contributed by atoms with Crippen molar-refractivity contribution in [1.82, 2.24) is 20.4 Å². The second kappa shape index (κ2) is 10.9.